The summed E-state index contributed by atoms with van der Waals surface area (Å²) in [5.41, 5.74) is 7.48. The van der Waals surface area contributed by atoms with Crippen LogP contribution in [0.5, 0.6) is 11.5 Å². The van der Waals surface area contributed by atoms with Gasteiger partial charge in [-0.1, -0.05) is 18.2 Å². The molecule has 0 fully saturated rings. The Morgan fingerprint density at radius 3 is 2.95 bits per heavy atom. The Labute approximate surface area is 122 Å². The van der Waals surface area contributed by atoms with Gasteiger partial charge in [-0.15, -0.1) is 0 Å². The van der Waals surface area contributed by atoms with Crippen molar-refractivity contribution in [3.05, 3.63) is 47.8 Å². The molecule has 4 nitrogen and oxygen atoms in total. The molecular weight excluding hydrogens is 271 g/mol. The largest absolute Gasteiger partial charge is 0.495 e. The van der Waals surface area contributed by atoms with Crippen LogP contribution in [0.1, 0.15) is 5.56 Å². The molecule has 1 aliphatic rings. The number of nitrogens with two attached hydrogens (primary N) is 1. The Balaban J connectivity index is 1.67. The Kier molecular flexibility index (Phi) is 3.56. The minimum absolute atomic E-state index is 0.00894. The van der Waals surface area contributed by atoms with E-state index < -0.39 is 5.82 Å². The average Bonchev–Trinajstić information content (AvgIpc) is 2.89. The first-order valence-electron chi connectivity index (χ1n) is 6.79. The summed E-state index contributed by atoms with van der Waals surface area (Å²) in [4.78, 5) is 0. The normalized spacial score (nSPS) is 16.2. The number of benzene rings is 2. The van der Waals surface area contributed by atoms with Gasteiger partial charge < -0.3 is 20.5 Å². The van der Waals surface area contributed by atoms with Gasteiger partial charge in [0.25, 0.3) is 0 Å². The van der Waals surface area contributed by atoms with Crippen molar-refractivity contribution >= 4 is 11.4 Å². The van der Waals surface area contributed by atoms with Crippen LogP contribution in [0.3, 0.4) is 0 Å². The van der Waals surface area contributed by atoms with Crippen LogP contribution in [0.15, 0.2) is 36.4 Å². The van der Waals surface area contributed by atoms with Gasteiger partial charge in [-0.05, 0) is 11.6 Å². The van der Waals surface area contributed by atoms with Crippen LogP contribution < -0.4 is 20.5 Å². The van der Waals surface area contributed by atoms with Crippen LogP contribution in [-0.2, 0) is 6.42 Å². The third-order valence-electron chi connectivity index (χ3n) is 3.55. The lowest BCUT2D eigenvalue weighted by molar-refractivity contribution is 0.246. The van der Waals surface area contributed by atoms with Crippen LogP contribution in [0.4, 0.5) is 15.8 Å². The van der Waals surface area contributed by atoms with Gasteiger partial charge in [0.2, 0.25) is 0 Å². The van der Waals surface area contributed by atoms with Crippen molar-refractivity contribution in [1.82, 2.24) is 0 Å². The summed E-state index contributed by atoms with van der Waals surface area (Å²) in [5.74, 6) is 0.956. The molecule has 0 aromatic heterocycles. The van der Waals surface area contributed by atoms with Crippen molar-refractivity contribution in [2.24, 2.45) is 0 Å². The minimum atomic E-state index is -0.399. The molecule has 21 heavy (non-hydrogen) atoms. The fraction of sp³-hybridized carbons (Fsp3) is 0.250. The Morgan fingerprint density at radius 1 is 1.38 bits per heavy atom. The van der Waals surface area contributed by atoms with E-state index in [0.29, 0.717) is 18.0 Å². The summed E-state index contributed by atoms with van der Waals surface area (Å²) in [6.45, 7) is 0.513. The zero-order chi connectivity index (χ0) is 14.8. The minimum Gasteiger partial charge on any atom is -0.495 e. The number of rotatable bonds is 4. The molecule has 5 heteroatoms. The highest BCUT2D eigenvalue weighted by Gasteiger charge is 2.22. The number of methoxy groups -OCH3 is 1. The summed E-state index contributed by atoms with van der Waals surface area (Å²) in [7, 11) is 1.50. The molecule has 1 heterocycles. The second-order valence-electron chi connectivity index (χ2n) is 5.01. The van der Waals surface area contributed by atoms with Gasteiger partial charge in [0.05, 0.1) is 25.0 Å². The van der Waals surface area contributed by atoms with E-state index in [-0.39, 0.29) is 11.8 Å². The molecule has 3 rings (SSSR count). The zero-order valence-corrected chi connectivity index (χ0v) is 11.7. The number of nitrogens with one attached hydrogen (secondary N) is 1. The molecule has 0 spiro atoms. The molecule has 110 valence electrons. The Morgan fingerprint density at radius 2 is 2.19 bits per heavy atom. The zero-order valence-electron chi connectivity index (χ0n) is 11.7. The van der Waals surface area contributed by atoms with E-state index in [1.807, 2.05) is 24.3 Å². The van der Waals surface area contributed by atoms with E-state index >= 15 is 0 Å². The second kappa shape index (κ2) is 5.52. The number of hydrogen-bond acceptors (Lipinski definition) is 4. The van der Waals surface area contributed by atoms with Gasteiger partial charge in [0.1, 0.15) is 23.4 Å². The number of hydrogen-bond donors (Lipinski definition) is 2. The average molecular weight is 288 g/mol. The Bertz CT molecular complexity index is 636. The summed E-state index contributed by atoms with van der Waals surface area (Å²) in [6.07, 6.45) is 0.807. The quantitative estimate of drug-likeness (QED) is 0.849. The molecule has 1 atom stereocenters. The molecule has 2 aromatic carbocycles. The molecule has 0 amide bonds. The monoisotopic (exact) mass is 288 g/mol. The van der Waals surface area contributed by atoms with Gasteiger partial charge in [-0.2, -0.15) is 0 Å². The maximum Gasteiger partial charge on any atom is 0.148 e. The lowest BCUT2D eigenvalue weighted by atomic mass is 10.1. The first kappa shape index (κ1) is 13.5. The fourth-order valence-electron chi connectivity index (χ4n) is 2.47. The molecule has 1 aliphatic heterocycles. The van der Waals surface area contributed by atoms with Gasteiger partial charge >= 0.3 is 0 Å². The SMILES string of the molecule is COc1cc(NCC2Cc3ccccc3O2)c(F)cc1N. The second-order valence-corrected chi connectivity index (χ2v) is 5.01. The van der Waals surface area contributed by atoms with E-state index in [0.717, 1.165) is 12.2 Å². The van der Waals surface area contributed by atoms with E-state index in [9.17, 15) is 4.39 Å². The van der Waals surface area contributed by atoms with Crippen LogP contribution in [0, 0.1) is 5.82 Å². The van der Waals surface area contributed by atoms with Crippen LogP contribution in [0.25, 0.3) is 0 Å². The number of anilines is 2. The van der Waals surface area contributed by atoms with Crippen LogP contribution >= 0.6 is 0 Å². The highest BCUT2D eigenvalue weighted by Crippen LogP contribution is 2.30. The number of para-hydroxylation sites is 1. The maximum absolute atomic E-state index is 13.9. The predicted molar refractivity (Wildman–Crippen MR) is 80.4 cm³/mol. The van der Waals surface area contributed by atoms with Crippen molar-refractivity contribution in [3.63, 3.8) is 0 Å². The van der Waals surface area contributed by atoms with E-state index in [1.165, 1.54) is 18.7 Å². The van der Waals surface area contributed by atoms with Gasteiger partial charge in [0, 0.05) is 18.6 Å². The standard InChI is InChI=1S/C16H17FN2O2/c1-20-16-8-14(12(17)7-13(16)18)19-9-11-6-10-4-2-3-5-15(10)21-11/h2-5,7-8,11,19H,6,9,18H2,1H3. The van der Waals surface area contributed by atoms with E-state index in [4.69, 9.17) is 15.2 Å². The number of halogens is 1. The van der Waals surface area contributed by atoms with Crippen LogP contribution in [-0.4, -0.2) is 19.8 Å². The van der Waals surface area contributed by atoms with Crippen molar-refractivity contribution in [1.29, 1.82) is 0 Å². The third kappa shape index (κ3) is 2.72. The lowest BCUT2D eigenvalue weighted by Crippen LogP contribution is -2.24. The predicted octanol–water partition coefficient (Wildman–Crippen LogP) is 2.83. The topological polar surface area (TPSA) is 56.5 Å². The number of fused-ring (bicyclic) bond motifs is 1. The maximum atomic E-state index is 13.9. The molecular formula is C16H17FN2O2. The van der Waals surface area contributed by atoms with Gasteiger partial charge in [0.15, 0.2) is 0 Å². The molecule has 0 bridgehead atoms. The number of nitrogen functional groups attached to an aromatic ring is 1. The molecule has 3 N–H and O–H groups in total. The summed E-state index contributed by atoms with van der Waals surface area (Å²) in [6, 6.07) is 10.7. The smallest absolute Gasteiger partial charge is 0.148 e. The highest BCUT2D eigenvalue weighted by atomic mass is 19.1. The summed E-state index contributed by atoms with van der Waals surface area (Å²) < 4.78 is 24.8. The molecule has 0 saturated heterocycles. The van der Waals surface area contributed by atoms with E-state index in [2.05, 4.69) is 5.32 Å². The first-order valence-corrected chi connectivity index (χ1v) is 6.79. The summed E-state index contributed by atoms with van der Waals surface area (Å²) >= 11 is 0. The molecule has 0 radical (unpaired) electrons. The highest BCUT2D eigenvalue weighted by molar-refractivity contribution is 5.62. The van der Waals surface area contributed by atoms with Crippen molar-refractivity contribution < 1.29 is 13.9 Å². The van der Waals surface area contributed by atoms with Crippen molar-refractivity contribution in [3.8, 4) is 11.5 Å². The molecule has 0 aliphatic carbocycles. The molecule has 0 saturated carbocycles. The first-order chi connectivity index (χ1) is 10.2. The number of ether oxygens (including phenoxy) is 2. The molecule has 1 unspecified atom stereocenters. The van der Waals surface area contributed by atoms with E-state index in [1.54, 1.807) is 6.07 Å². The fourth-order valence-corrected chi connectivity index (χ4v) is 2.47. The Hall–Kier alpha value is -2.43. The van der Waals surface area contributed by atoms with Gasteiger partial charge in [-0.25, -0.2) is 4.39 Å². The van der Waals surface area contributed by atoms with Gasteiger partial charge in [-0.3, -0.25) is 0 Å². The molecule has 2 aromatic rings. The summed E-state index contributed by atoms with van der Waals surface area (Å²) in [5, 5.41) is 3.06. The van der Waals surface area contributed by atoms with Crippen LogP contribution in [0.2, 0.25) is 0 Å². The lowest BCUT2D eigenvalue weighted by Gasteiger charge is -2.15. The third-order valence-corrected chi connectivity index (χ3v) is 3.55. The van der Waals surface area contributed by atoms with Crippen molar-refractivity contribution in [2.45, 2.75) is 12.5 Å². The van der Waals surface area contributed by atoms with Crippen molar-refractivity contribution in [2.75, 3.05) is 24.7 Å².